The molecular weight excluding hydrogens is 470 g/mol. The van der Waals surface area contributed by atoms with Gasteiger partial charge < -0.3 is 28.7 Å². The number of nitrogens with zero attached hydrogens (tertiary/aromatic N) is 2. The van der Waals surface area contributed by atoms with Crippen molar-refractivity contribution in [3.8, 4) is 5.75 Å². The van der Waals surface area contributed by atoms with Crippen LogP contribution in [0.25, 0.3) is 10.9 Å². The van der Waals surface area contributed by atoms with E-state index in [1.807, 2.05) is 53.6 Å². The number of rotatable bonds is 13. The number of aromatic nitrogens is 1. The molecule has 0 radical (unpaired) electrons. The van der Waals surface area contributed by atoms with Crippen molar-refractivity contribution in [1.29, 1.82) is 0 Å². The van der Waals surface area contributed by atoms with E-state index in [-0.39, 0.29) is 24.1 Å². The average Bonchev–Trinajstić information content (AvgIpc) is 3.61. The van der Waals surface area contributed by atoms with E-state index >= 15 is 0 Å². The third-order valence-electron chi connectivity index (χ3n) is 6.33. The summed E-state index contributed by atoms with van der Waals surface area (Å²) in [5.74, 6) is 0.531. The zero-order valence-corrected chi connectivity index (χ0v) is 21.3. The minimum Gasteiger partial charge on any atom is -0.497 e. The molecule has 0 saturated carbocycles. The van der Waals surface area contributed by atoms with E-state index < -0.39 is 0 Å². The molecule has 2 amide bonds. The van der Waals surface area contributed by atoms with Crippen LogP contribution in [0.5, 0.6) is 5.75 Å². The highest BCUT2D eigenvalue weighted by Crippen LogP contribution is 2.20. The Morgan fingerprint density at radius 2 is 1.76 bits per heavy atom. The lowest BCUT2D eigenvalue weighted by atomic mass is 10.1. The molecule has 4 rings (SSSR count). The molecule has 0 unspecified atom stereocenters. The lowest BCUT2D eigenvalue weighted by Crippen LogP contribution is -2.43. The molecule has 37 heavy (non-hydrogen) atoms. The van der Waals surface area contributed by atoms with Crippen molar-refractivity contribution in [3.05, 3.63) is 90.0 Å². The maximum atomic E-state index is 13.6. The topological polar surface area (TPSA) is 88.0 Å². The number of ether oxygens (including phenoxy) is 2. The molecule has 8 nitrogen and oxygen atoms in total. The molecule has 0 saturated heterocycles. The molecule has 0 bridgehead atoms. The van der Waals surface area contributed by atoms with Gasteiger partial charge in [-0.2, -0.15) is 0 Å². The van der Waals surface area contributed by atoms with Crippen molar-refractivity contribution in [1.82, 2.24) is 14.8 Å². The van der Waals surface area contributed by atoms with E-state index in [0.29, 0.717) is 39.1 Å². The number of carbonyl (C=O) groups excluding carboxylic acids is 2. The Labute approximate surface area is 216 Å². The van der Waals surface area contributed by atoms with Crippen LogP contribution in [0.2, 0.25) is 0 Å². The van der Waals surface area contributed by atoms with E-state index in [1.54, 1.807) is 26.4 Å². The third kappa shape index (κ3) is 6.80. The number of furan rings is 1. The monoisotopic (exact) mass is 503 g/mol. The highest BCUT2D eigenvalue weighted by atomic mass is 16.5. The zero-order chi connectivity index (χ0) is 26.0. The van der Waals surface area contributed by atoms with Gasteiger partial charge in [-0.1, -0.05) is 30.3 Å². The second-order valence-corrected chi connectivity index (χ2v) is 8.82. The van der Waals surface area contributed by atoms with Crippen LogP contribution in [0.3, 0.4) is 0 Å². The molecule has 0 spiro atoms. The normalized spacial score (nSPS) is 11.0. The number of aromatic amines is 1. The Balaban J connectivity index is 1.52. The van der Waals surface area contributed by atoms with E-state index in [9.17, 15) is 9.59 Å². The van der Waals surface area contributed by atoms with Gasteiger partial charge in [-0.15, -0.1) is 0 Å². The van der Waals surface area contributed by atoms with Crippen LogP contribution in [0.15, 0.2) is 77.5 Å². The van der Waals surface area contributed by atoms with E-state index in [1.165, 1.54) is 11.2 Å². The lowest BCUT2D eigenvalue weighted by molar-refractivity contribution is -0.132. The maximum Gasteiger partial charge on any atom is 0.290 e. The van der Waals surface area contributed by atoms with Gasteiger partial charge >= 0.3 is 0 Å². The van der Waals surface area contributed by atoms with Crippen molar-refractivity contribution in [3.63, 3.8) is 0 Å². The minimum absolute atomic E-state index is 0.0483. The van der Waals surface area contributed by atoms with Gasteiger partial charge in [-0.3, -0.25) is 9.59 Å². The summed E-state index contributed by atoms with van der Waals surface area (Å²) in [6.45, 7) is 1.76. The number of H-pyrrole nitrogens is 1. The Kier molecular flexibility index (Phi) is 8.99. The van der Waals surface area contributed by atoms with Crippen molar-refractivity contribution < 1.29 is 23.5 Å². The summed E-state index contributed by atoms with van der Waals surface area (Å²) in [6.07, 6.45) is 4.75. The van der Waals surface area contributed by atoms with Crippen LogP contribution >= 0.6 is 0 Å². The zero-order valence-electron chi connectivity index (χ0n) is 21.3. The van der Waals surface area contributed by atoms with Crippen LogP contribution in [0.4, 0.5) is 0 Å². The SMILES string of the molecule is COCCCN(CC(=O)N(CCc1c[nH]c2ccccc12)Cc1ccc(OC)cc1)C(=O)c1ccco1. The highest BCUT2D eigenvalue weighted by Gasteiger charge is 2.24. The van der Waals surface area contributed by atoms with Crippen molar-refractivity contribution in [2.24, 2.45) is 0 Å². The first kappa shape index (κ1) is 26.0. The fraction of sp³-hybridized carbons (Fsp3) is 0.310. The van der Waals surface area contributed by atoms with Crippen LogP contribution < -0.4 is 4.74 Å². The summed E-state index contributed by atoms with van der Waals surface area (Å²) in [5, 5.41) is 1.15. The number of benzene rings is 2. The van der Waals surface area contributed by atoms with Gasteiger partial charge in [0.2, 0.25) is 5.91 Å². The summed E-state index contributed by atoms with van der Waals surface area (Å²) in [5.41, 5.74) is 3.20. The smallest absolute Gasteiger partial charge is 0.290 e. The molecule has 1 N–H and O–H groups in total. The third-order valence-corrected chi connectivity index (χ3v) is 6.33. The van der Waals surface area contributed by atoms with Crippen LogP contribution in [-0.2, 0) is 22.5 Å². The summed E-state index contributed by atoms with van der Waals surface area (Å²) in [7, 11) is 3.24. The van der Waals surface area contributed by atoms with Gasteiger partial charge in [-0.25, -0.2) is 0 Å². The summed E-state index contributed by atoms with van der Waals surface area (Å²) in [4.78, 5) is 33.4. The fourth-order valence-electron chi connectivity index (χ4n) is 4.31. The van der Waals surface area contributed by atoms with E-state index in [4.69, 9.17) is 13.9 Å². The van der Waals surface area contributed by atoms with Crippen molar-refractivity contribution in [2.45, 2.75) is 19.4 Å². The fourth-order valence-corrected chi connectivity index (χ4v) is 4.31. The van der Waals surface area contributed by atoms with Gasteiger partial charge in [0, 0.05) is 50.5 Å². The number of para-hydroxylation sites is 1. The molecule has 0 aliphatic carbocycles. The first-order valence-electron chi connectivity index (χ1n) is 12.4. The Hall–Kier alpha value is -4.04. The van der Waals surface area contributed by atoms with Crippen molar-refractivity contribution in [2.75, 3.05) is 40.5 Å². The lowest BCUT2D eigenvalue weighted by Gasteiger charge is -2.27. The molecule has 0 atom stereocenters. The van der Waals surface area contributed by atoms with Crippen LogP contribution in [-0.4, -0.2) is 67.1 Å². The van der Waals surface area contributed by atoms with E-state index in [2.05, 4.69) is 11.1 Å². The van der Waals surface area contributed by atoms with Gasteiger partial charge in [0.15, 0.2) is 5.76 Å². The molecule has 8 heteroatoms. The summed E-state index contributed by atoms with van der Waals surface area (Å²) < 4.78 is 15.7. The summed E-state index contributed by atoms with van der Waals surface area (Å²) >= 11 is 0. The molecule has 2 heterocycles. The number of carbonyl (C=O) groups is 2. The van der Waals surface area contributed by atoms with E-state index in [0.717, 1.165) is 27.8 Å². The maximum absolute atomic E-state index is 13.6. The molecule has 2 aromatic heterocycles. The largest absolute Gasteiger partial charge is 0.497 e. The van der Waals surface area contributed by atoms with Gasteiger partial charge in [0.05, 0.1) is 13.4 Å². The van der Waals surface area contributed by atoms with Crippen molar-refractivity contribution >= 4 is 22.7 Å². The van der Waals surface area contributed by atoms with Gasteiger partial charge in [0.25, 0.3) is 5.91 Å². The predicted octanol–water partition coefficient (Wildman–Crippen LogP) is 4.52. The molecule has 0 aliphatic rings. The first-order chi connectivity index (χ1) is 18.1. The second kappa shape index (κ2) is 12.8. The first-order valence-corrected chi connectivity index (χ1v) is 12.4. The predicted molar refractivity (Wildman–Crippen MR) is 142 cm³/mol. The van der Waals surface area contributed by atoms with Crippen LogP contribution in [0.1, 0.15) is 28.1 Å². The molecular formula is C29H33N3O5. The second-order valence-electron chi connectivity index (χ2n) is 8.82. The Morgan fingerprint density at radius 1 is 0.946 bits per heavy atom. The number of nitrogens with one attached hydrogen (secondary N) is 1. The number of methoxy groups -OCH3 is 2. The average molecular weight is 504 g/mol. The number of amides is 2. The molecule has 4 aromatic rings. The van der Waals surface area contributed by atoms with Gasteiger partial charge in [-0.05, 0) is 54.3 Å². The minimum atomic E-state index is -0.310. The molecule has 0 aliphatic heterocycles. The molecule has 2 aromatic carbocycles. The number of hydrogen-bond donors (Lipinski definition) is 1. The molecule has 0 fully saturated rings. The number of fused-ring (bicyclic) bond motifs is 1. The van der Waals surface area contributed by atoms with Crippen LogP contribution in [0, 0.1) is 0 Å². The Morgan fingerprint density at radius 3 is 2.49 bits per heavy atom. The highest BCUT2D eigenvalue weighted by molar-refractivity contribution is 5.94. The number of hydrogen-bond acceptors (Lipinski definition) is 5. The summed E-state index contributed by atoms with van der Waals surface area (Å²) in [6, 6.07) is 19.1. The molecule has 194 valence electrons. The quantitative estimate of drug-likeness (QED) is 0.271. The van der Waals surface area contributed by atoms with Gasteiger partial charge in [0.1, 0.15) is 12.3 Å². The Bertz CT molecular complexity index is 1280. The standard InChI is InChI=1S/C29H33N3O5/c1-35-17-6-15-32(29(34)27-9-5-18-37-27)21-28(33)31(20-22-10-12-24(36-2)13-11-22)16-14-23-19-30-26-8-4-3-7-25(23)26/h3-5,7-13,18-19,30H,6,14-17,20-21H2,1-2H3.